The van der Waals surface area contributed by atoms with Crippen molar-refractivity contribution in [1.82, 2.24) is 0 Å². The summed E-state index contributed by atoms with van der Waals surface area (Å²) < 4.78 is 5.35. The lowest BCUT2D eigenvalue weighted by atomic mass is 9.94. The van der Waals surface area contributed by atoms with Gasteiger partial charge in [0.05, 0.1) is 5.92 Å². The van der Waals surface area contributed by atoms with E-state index in [2.05, 4.69) is 0 Å². The first-order valence-corrected chi connectivity index (χ1v) is 6.29. The number of rotatable bonds is 5. The zero-order valence-corrected chi connectivity index (χ0v) is 11.6. The third kappa shape index (κ3) is 5.55. The molecule has 0 heterocycles. The van der Waals surface area contributed by atoms with Crippen LogP contribution in [0.4, 0.5) is 0 Å². The van der Waals surface area contributed by atoms with E-state index in [9.17, 15) is 9.59 Å². The highest BCUT2D eigenvalue weighted by Gasteiger charge is 2.26. The summed E-state index contributed by atoms with van der Waals surface area (Å²) in [5.74, 6) is -1.82. The van der Waals surface area contributed by atoms with E-state index in [0.29, 0.717) is 0 Å². The first-order chi connectivity index (χ1) is 8.79. The van der Waals surface area contributed by atoms with Gasteiger partial charge in [-0.25, -0.2) is 0 Å². The number of carboxylic acid groups (broad SMARTS) is 1. The Morgan fingerprint density at radius 2 is 1.79 bits per heavy atom. The number of esters is 1. The third-order valence-electron chi connectivity index (χ3n) is 2.54. The molecule has 1 aromatic carbocycles. The van der Waals surface area contributed by atoms with E-state index >= 15 is 0 Å². The molecule has 0 aliphatic heterocycles. The molecule has 104 valence electrons. The summed E-state index contributed by atoms with van der Waals surface area (Å²) in [4.78, 5) is 22.8. The Morgan fingerprint density at radius 1 is 1.21 bits per heavy atom. The number of carbonyl (C=O) groups is 2. The monoisotopic (exact) mass is 264 g/mol. The molecule has 1 aromatic rings. The average molecular weight is 264 g/mol. The van der Waals surface area contributed by atoms with Crippen molar-refractivity contribution >= 4 is 11.9 Å². The molecule has 0 spiro atoms. The van der Waals surface area contributed by atoms with E-state index in [4.69, 9.17) is 9.84 Å². The van der Waals surface area contributed by atoms with Gasteiger partial charge in [0.2, 0.25) is 0 Å². The smallest absolute Gasteiger partial charge is 0.313 e. The largest absolute Gasteiger partial charge is 0.481 e. The molecule has 0 amide bonds. The minimum Gasteiger partial charge on any atom is -0.481 e. The van der Waals surface area contributed by atoms with Crippen LogP contribution in [-0.4, -0.2) is 22.6 Å². The average Bonchev–Trinajstić information content (AvgIpc) is 2.27. The Morgan fingerprint density at radius 3 is 2.26 bits per heavy atom. The van der Waals surface area contributed by atoms with Gasteiger partial charge in [0, 0.05) is 6.42 Å². The first-order valence-electron chi connectivity index (χ1n) is 6.29. The van der Waals surface area contributed by atoms with Crippen LogP contribution in [-0.2, 0) is 14.3 Å². The van der Waals surface area contributed by atoms with Crippen molar-refractivity contribution in [3.63, 3.8) is 0 Å². The molecule has 4 nitrogen and oxygen atoms in total. The molecule has 0 saturated heterocycles. The highest BCUT2D eigenvalue weighted by Crippen LogP contribution is 2.25. The Bertz CT molecular complexity index is 431. The molecule has 0 aliphatic carbocycles. The minimum atomic E-state index is -0.913. The summed E-state index contributed by atoms with van der Waals surface area (Å²) in [5.41, 5.74) is 0.214. The molecule has 1 unspecified atom stereocenters. The second-order valence-electron chi connectivity index (χ2n) is 5.43. The zero-order chi connectivity index (χ0) is 14.5. The van der Waals surface area contributed by atoms with Gasteiger partial charge in [0.25, 0.3) is 0 Å². The quantitative estimate of drug-likeness (QED) is 0.830. The summed E-state index contributed by atoms with van der Waals surface area (Å²) in [6.45, 7) is 5.39. The number of hydrogen-bond acceptors (Lipinski definition) is 3. The van der Waals surface area contributed by atoms with Gasteiger partial charge in [-0.05, 0) is 32.8 Å². The predicted octanol–water partition coefficient (Wildman–Crippen LogP) is 2.98. The van der Waals surface area contributed by atoms with Crippen molar-refractivity contribution in [3.05, 3.63) is 35.9 Å². The number of hydrogen-bond donors (Lipinski definition) is 1. The summed E-state index contributed by atoms with van der Waals surface area (Å²) in [6, 6.07) is 9.14. The lowest BCUT2D eigenvalue weighted by Gasteiger charge is -2.24. The summed E-state index contributed by atoms with van der Waals surface area (Å²) in [7, 11) is 0. The summed E-state index contributed by atoms with van der Waals surface area (Å²) >= 11 is 0. The number of ether oxygens (including phenoxy) is 1. The molecule has 0 saturated carbocycles. The van der Waals surface area contributed by atoms with Crippen LogP contribution in [0.25, 0.3) is 0 Å². The maximum Gasteiger partial charge on any atom is 0.313 e. The Hall–Kier alpha value is -1.84. The minimum absolute atomic E-state index is 0.0567. The van der Waals surface area contributed by atoms with Crippen molar-refractivity contribution in [2.45, 2.75) is 45.1 Å². The van der Waals surface area contributed by atoms with Gasteiger partial charge in [-0.3, -0.25) is 9.59 Å². The highest BCUT2D eigenvalue weighted by molar-refractivity contribution is 5.79. The van der Waals surface area contributed by atoms with Crippen molar-refractivity contribution < 1.29 is 19.4 Å². The molecule has 0 bridgehead atoms. The maximum absolute atomic E-state index is 12.2. The van der Waals surface area contributed by atoms with Crippen molar-refractivity contribution in [3.8, 4) is 0 Å². The molecule has 0 aliphatic rings. The molecule has 1 atom stereocenters. The van der Waals surface area contributed by atoms with Crippen molar-refractivity contribution in [2.24, 2.45) is 0 Å². The van der Waals surface area contributed by atoms with Gasteiger partial charge >= 0.3 is 11.9 Å². The van der Waals surface area contributed by atoms with Crippen LogP contribution in [0.15, 0.2) is 30.3 Å². The third-order valence-corrected chi connectivity index (χ3v) is 2.54. The molecule has 19 heavy (non-hydrogen) atoms. The summed E-state index contributed by atoms with van der Waals surface area (Å²) in [5, 5.41) is 8.77. The predicted molar refractivity (Wildman–Crippen MR) is 71.9 cm³/mol. The van der Waals surface area contributed by atoms with Crippen LogP contribution in [0.3, 0.4) is 0 Å². The van der Waals surface area contributed by atoms with Gasteiger partial charge in [-0.2, -0.15) is 0 Å². The number of aliphatic carboxylic acids is 1. The van der Waals surface area contributed by atoms with Gasteiger partial charge in [0.1, 0.15) is 5.60 Å². The lowest BCUT2D eigenvalue weighted by molar-refractivity contribution is -0.157. The molecule has 0 radical (unpaired) electrons. The molecule has 1 N–H and O–H groups in total. The van der Waals surface area contributed by atoms with E-state index in [0.717, 1.165) is 5.56 Å². The molecule has 0 aromatic heterocycles. The number of benzene rings is 1. The normalized spacial score (nSPS) is 12.8. The molecular weight excluding hydrogens is 244 g/mol. The first kappa shape index (κ1) is 15.2. The van der Waals surface area contributed by atoms with Crippen LogP contribution in [0.1, 0.15) is 45.1 Å². The lowest BCUT2D eigenvalue weighted by Crippen LogP contribution is -2.28. The molecule has 1 rings (SSSR count). The Kier molecular flexibility index (Phi) is 5.10. The number of carbonyl (C=O) groups excluding carboxylic acids is 1. The fourth-order valence-electron chi connectivity index (χ4n) is 1.75. The van der Waals surface area contributed by atoms with E-state index in [-0.39, 0.29) is 18.8 Å². The van der Waals surface area contributed by atoms with Crippen LogP contribution in [0.5, 0.6) is 0 Å². The van der Waals surface area contributed by atoms with Gasteiger partial charge in [-0.1, -0.05) is 30.3 Å². The molecule has 4 heteroatoms. The Balaban J connectivity index is 2.86. The van der Waals surface area contributed by atoms with Crippen LogP contribution in [0.2, 0.25) is 0 Å². The van der Waals surface area contributed by atoms with E-state index in [1.165, 1.54) is 0 Å². The fourth-order valence-corrected chi connectivity index (χ4v) is 1.75. The van der Waals surface area contributed by atoms with Gasteiger partial charge in [-0.15, -0.1) is 0 Å². The molecular formula is C15H20O4. The van der Waals surface area contributed by atoms with Crippen LogP contribution >= 0.6 is 0 Å². The Labute approximate surface area is 113 Å². The number of carboxylic acids is 1. The van der Waals surface area contributed by atoms with Crippen LogP contribution < -0.4 is 0 Å². The highest BCUT2D eigenvalue weighted by atomic mass is 16.6. The van der Waals surface area contributed by atoms with E-state index < -0.39 is 17.5 Å². The topological polar surface area (TPSA) is 63.6 Å². The second kappa shape index (κ2) is 6.36. The van der Waals surface area contributed by atoms with Crippen molar-refractivity contribution in [2.75, 3.05) is 0 Å². The zero-order valence-electron chi connectivity index (χ0n) is 11.6. The SMILES string of the molecule is CC(C)(C)OC(=O)C(CCC(=O)O)c1ccccc1. The summed E-state index contributed by atoms with van der Waals surface area (Å²) in [6.07, 6.45) is 0.188. The fraction of sp³-hybridized carbons (Fsp3) is 0.467. The van der Waals surface area contributed by atoms with Crippen LogP contribution in [0, 0.1) is 0 Å². The molecule has 0 fully saturated rings. The maximum atomic E-state index is 12.2. The van der Waals surface area contributed by atoms with E-state index in [1.807, 2.05) is 30.3 Å². The van der Waals surface area contributed by atoms with Gasteiger partial charge in [0.15, 0.2) is 0 Å². The standard InChI is InChI=1S/C15H20O4/c1-15(2,3)19-14(18)12(9-10-13(16)17)11-7-5-4-6-8-11/h4-8,12H,9-10H2,1-3H3,(H,16,17). The second-order valence-corrected chi connectivity index (χ2v) is 5.43. The van der Waals surface area contributed by atoms with E-state index in [1.54, 1.807) is 20.8 Å². The van der Waals surface area contributed by atoms with Gasteiger partial charge < -0.3 is 9.84 Å². The van der Waals surface area contributed by atoms with Crippen molar-refractivity contribution in [1.29, 1.82) is 0 Å².